The molecule has 2 saturated heterocycles. The molecule has 1 saturated carbocycles. The average Bonchev–Trinajstić information content (AvgIpc) is 2.93. The quantitative estimate of drug-likeness (QED) is 0.348. The maximum atomic E-state index is 13.8. The van der Waals surface area contributed by atoms with E-state index >= 15 is 0 Å². The van der Waals surface area contributed by atoms with E-state index in [0.29, 0.717) is 17.0 Å². The summed E-state index contributed by atoms with van der Waals surface area (Å²) in [7, 11) is 1.57. The molecule has 2 heterocycles. The Morgan fingerprint density at radius 3 is 2.19 bits per heavy atom. The fraction of sp³-hybridized carbons (Fsp3) is 0.467. The first-order chi connectivity index (χ1) is 19.9. The van der Waals surface area contributed by atoms with Gasteiger partial charge in [-0.2, -0.15) is 13.2 Å². The van der Waals surface area contributed by atoms with E-state index in [-0.39, 0.29) is 31.2 Å². The number of carbonyl (C=O) groups is 2. The predicted molar refractivity (Wildman–Crippen MR) is 152 cm³/mol. The largest absolute Gasteiger partial charge is 0.505 e. The van der Waals surface area contributed by atoms with Crippen LogP contribution < -0.4 is 15.0 Å². The highest BCUT2D eigenvalue weighted by Crippen LogP contribution is 2.26. The van der Waals surface area contributed by atoms with Crippen molar-refractivity contribution in [3.8, 4) is 5.75 Å². The van der Waals surface area contributed by atoms with Crippen molar-refractivity contribution in [1.29, 1.82) is 0 Å². The molecule has 2 N–H and O–H groups in total. The van der Waals surface area contributed by atoms with Gasteiger partial charge in [0.25, 0.3) is 0 Å². The van der Waals surface area contributed by atoms with Crippen molar-refractivity contribution in [2.24, 2.45) is 0 Å². The van der Waals surface area contributed by atoms with Gasteiger partial charge in [-0.05, 0) is 55.2 Å². The van der Waals surface area contributed by atoms with Gasteiger partial charge in [-0.1, -0.05) is 31.2 Å². The zero-order valence-corrected chi connectivity index (χ0v) is 23.9. The zero-order chi connectivity index (χ0) is 30.9. The van der Waals surface area contributed by atoms with E-state index in [4.69, 9.17) is 9.84 Å². The van der Waals surface area contributed by atoms with E-state index < -0.39 is 18.0 Å². The third-order valence-electron chi connectivity index (χ3n) is 7.35. The molecule has 230 valence electrons. The number of allylic oxidation sites excluding steroid dienone is 1. The maximum Gasteiger partial charge on any atom is 0.448 e. The number of rotatable bonds is 5. The molecule has 12 heteroatoms. The molecule has 2 aliphatic heterocycles. The number of nitrogens with one attached hydrogen (secondary N) is 1. The zero-order valence-electron chi connectivity index (χ0n) is 23.9. The number of amides is 3. The third kappa shape index (κ3) is 9.18. The highest BCUT2D eigenvalue weighted by molar-refractivity contribution is 6.05. The number of aliphatic hydroxyl groups is 1. The Labute approximate surface area is 243 Å². The number of imide groups is 1. The lowest BCUT2D eigenvalue weighted by Gasteiger charge is -2.39. The van der Waals surface area contributed by atoms with Crippen LogP contribution in [0.15, 0.2) is 54.8 Å². The first-order valence-electron chi connectivity index (χ1n) is 13.8. The van der Waals surface area contributed by atoms with Gasteiger partial charge in [0.05, 0.1) is 13.7 Å². The number of nitrogens with zero attached hydrogens (tertiary/aromatic N) is 3. The number of methoxy groups -OCH3 is 1. The van der Waals surface area contributed by atoms with E-state index in [9.17, 15) is 27.2 Å². The number of anilines is 1. The van der Waals surface area contributed by atoms with Crippen LogP contribution in [0.3, 0.4) is 0 Å². The predicted octanol–water partition coefficient (Wildman–Crippen LogP) is 5.57. The lowest BCUT2D eigenvalue weighted by atomic mass is 9.91. The maximum absolute atomic E-state index is 13.8. The van der Waals surface area contributed by atoms with Gasteiger partial charge in [0.1, 0.15) is 11.6 Å². The normalized spacial score (nSPS) is 17.9. The van der Waals surface area contributed by atoms with E-state index in [1.807, 2.05) is 12.1 Å². The third-order valence-corrected chi connectivity index (χ3v) is 7.35. The van der Waals surface area contributed by atoms with E-state index in [0.717, 1.165) is 11.6 Å². The Kier molecular flexibility index (Phi) is 11.7. The number of hydrogen-bond donors (Lipinski definition) is 2. The molecule has 0 aromatic heterocycles. The second-order valence-corrected chi connectivity index (χ2v) is 10.3. The van der Waals surface area contributed by atoms with Gasteiger partial charge in [0.2, 0.25) is 5.91 Å². The summed E-state index contributed by atoms with van der Waals surface area (Å²) in [6.45, 7) is 9.32. The first-order valence-corrected chi connectivity index (χ1v) is 13.8. The van der Waals surface area contributed by atoms with Crippen molar-refractivity contribution in [1.82, 2.24) is 15.1 Å². The molecule has 2 aromatic rings. The molecule has 0 unspecified atom stereocenters. The summed E-state index contributed by atoms with van der Waals surface area (Å²) >= 11 is 0. The Balaban J connectivity index is 0.000000231. The van der Waals surface area contributed by atoms with Crippen molar-refractivity contribution >= 4 is 17.6 Å². The fourth-order valence-electron chi connectivity index (χ4n) is 4.55. The van der Waals surface area contributed by atoms with Crippen LogP contribution in [-0.4, -0.2) is 78.9 Å². The molecule has 42 heavy (non-hydrogen) atoms. The van der Waals surface area contributed by atoms with Crippen LogP contribution in [0, 0.1) is 12.7 Å². The van der Waals surface area contributed by atoms with Crippen LogP contribution in [0.1, 0.15) is 36.8 Å². The Hall–Kier alpha value is -3.64. The van der Waals surface area contributed by atoms with Crippen molar-refractivity contribution in [3.05, 3.63) is 71.7 Å². The fourth-order valence-corrected chi connectivity index (χ4v) is 4.55. The van der Waals surface area contributed by atoms with Gasteiger partial charge >= 0.3 is 12.2 Å². The number of hydrogen-bond acceptors (Lipinski definition) is 6. The number of carbonyl (C=O) groups excluding carboxylic acids is 2. The summed E-state index contributed by atoms with van der Waals surface area (Å²) in [4.78, 5) is 30.2. The first kappa shape index (κ1) is 32.9. The molecule has 8 nitrogen and oxygen atoms in total. The summed E-state index contributed by atoms with van der Waals surface area (Å²) in [6.07, 6.45) is -0.0496. The van der Waals surface area contributed by atoms with E-state index in [1.54, 1.807) is 38.3 Å². The standard InChI is InChI=1S/C19H19FN2O3.C8H16N2.C3H3F3O/c1-13-3-6-15(11-17(13)20)21-10-9-18(23)22(19(21)24)12-14-4-7-16(25-2)8-5-14;1-2-8(3-1)10-6-4-9-5-7-10;1-2(7)3(4,5)6/h3-8,11H,9-10,12H2,1-2H3;8-9H,1-7H2;7H,1H2. The smallest absolute Gasteiger partial charge is 0.448 e. The van der Waals surface area contributed by atoms with Gasteiger partial charge < -0.3 is 15.2 Å². The number of ether oxygens (including phenoxy) is 1. The summed E-state index contributed by atoms with van der Waals surface area (Å²) in [5.74, 6) is -1.65. The van der Waals surface area contributed by atoms with Crippen molar-refractivity contribution in [2.75, 3.05) is 44.7 Å². The van der Waals surface area contributed by atoms with Crippen LogP contribution >= 0.6 is 0 Å². The molecular weight excluding hydrogens is 556 g/mol. The lowest BCUT2D eigenvalue weighted by molar-refractivity contribution is -0.129. The van der Waals surface area contributed by atoms with E-state index in [2.05, 4.69) is 16.8 Å². The molecule has 2 aromatic carbocycles. The second kappa shape index (κ2) is 15.0. The molecule has 3 aliphatic rings. The Bertz CT molecular complexity index is 1210. The van der Waals surface area contributed by atoms with Crippen LogP contribution in [-0.2, 0) is 11.3 Å². The molecule has 0 atom stereocenters. The van der Waals surface area contributed by atoms with Crippen LogP contribution in [0.25, 0.3) is 0 Å². The molecule has 0 bridgehead atoms. The van der Waals surface area contributed by atoms with Crippen LogP contribution in [0.4, 0.5) is 28.0 Å². The molecular formula is C30H38F4N4O4. The summed E-state index contributed by atoms with van der Waals surface area (Å²) in [5, 5.41) is 10.9. The minimum absolute atomic E-state index is 0.173. The monoisotopic (exact) mass is 594 g/mol. The highest BCUT2D eigenvalue weighted by atomic mass is 19.4. The van der Waals surface area contributed by atoms with Crippen LogP contribution in [0.2, 0.25) is 0 Å². The van der Waals surface area contributed by atoms with Crippen molar-refractivity contribution < 1.29 is 37.0 Å². The van der Waals surface area contributed by atoms with Gasteiger partial charge in [0.15, 0.2) is 5.76 Å². The Morgan fingerprint density at radius 2 is 1.69 bits per heavy atom. The SMILES string of the molecule is C1CC(N2CCNCC2)C1.C=C(O)C(F)(F)F.COc1ccc(CN2C(=O)CCN(c3ccc(C)c(F)c3)C2=O)cc1. The van der Waals surface area contributed by atoms with Gasteiger partial charge in [-0.3, -0.25) is 19.5 Å². The molecule has 3 fully saturated rings. The molecule has 1 aliphatic carbocycles. The number of aliphatic hydroxyl groups excluding tert-OH is 1. The topological polar surface area (TPSA) is 85.3 Å². The van der Waals surface area contributed by atoms with Crippen LogP contribution in [0.5, 0.6) is 5.75 Å². The molecule has 0 spiro atoms. The van der Waals surface area contributed by atoms with Gasteiger partial charge in [-0.25, -0.2) is 9.18 Å². The Morgan fingerprint density at radius 1 is 1.07 bits per heavy atom. The van der Waals surface area contributed by atoms with Gasteiger partial charge in [0, 0.05) is 50.9 Å². The number of halogens is 4. The number of piperazine rings is 1. The highest BCUT2D eigenvalue weighted by Gasteiger charge is 2.33. The lowest BCUT2D eigenvalue weighted by Crippen LogP contribution is -2.52. The van der Waals surface area contributed by atoms with Gasteiger partial charge in [-0.15, -0.1) is 0 Å². The van der Waals surface area contributed by atoms with Crippen molar-refractivity contribution in [2.45, 2.75) is 51.4 Å². The van der Waals surface area contributed by atoms with Crippen molar-refractivity contribution in [3.63, 3.8) is 0 Å². The summed E-state index contributed by atoms with van der Waals surface area (Å²) in [6, 6.07) is 12.3. The second-order valence-electron chi connectivity index (χ2n) is 10.3. The number of urea groups is 1. The molecule has 3 amide bonds. The van der Waals surface area contributed by atoms with E-state index in [1.165, 1.54) is 61.3 Å². The molecule has 5 rings (SSSR count). The minimum Gasteiger partial charge on any atom is -0.505 e. The average molecular weight is 595 g/mol. The number of alkyl halides is 3. The summed E-state index contributed by atoms with van der Waals surface area (Å²) in [5.41, 5.74) is 1.79. The number of benzene rings is 2. The number of aryl methyl sites for hydroxylation is 1. The molecule has 0 radical (unpaired) electrons. The summed E-state index contributed by atoms with van der Waals surface area (Å²) < 4.78 is 51.4. The minimum atomic E-state index is -4.64.